The van der Waals surface area contributed by atoms with E-state index >= 15 is 0 Å². The Balaban J connectivity index is 1.88. The molecule has 3 heterocycles. The molecule has 0 saturated carbocycles. The molecule has 1 aliphatic carbocycles. The highest BCUT2D eigenvalue weighted by atomic mass is 16.8. The van der Waals surface area contributed by atoms with E-state index in [9.17, 15) is 0 Å². The van der Waals surface area contributed by atoms with E-state index in [1.807, 2.05) is 18.4 Å². The molecule has 0 aromatic carbocycles. The molecule has 2 aliphatic rings. The molecular formula is C17H19N5O2. The Hall–Kier alpha value is -2.43. The van der Waals surface area contributed by atoms with Crippen molar-refractivity contribution in [1.82, 2.24) is 14.5 Å². The molecule has 0 spiro atoms. The molecule has 7 nitrogen and oxygen atoms in total. The van der Waals surface area contributed by atoms with Gasteiger partial charge in [-0.2, -0.15) is 0 Å². The van der Waals surface area contributed by atoms with E-state index in [-0.39, 0.29) is 18.2 Å². The van der Waals surface area contributed by atoms with Crippen LogP contribution in [0.3, 0.4) is 0 Å². The number of anilines is 1. The number of nitrogen functional groups attached to an aromatic ring is 1. The smallest absolute Gasteiger partial charge is 0.217 e. The van der Waals surface area contributed by atoms with E-state index in [2.05, 4.69) is 27.8 Å². The standard InChI is InChI=1S/C17H19N5O2/c1-5-9-6-11(14-13(9)23-17(2,3)24-14)22-7-10(19-4)12-15(18)20-8-21-16(12)22/h6-8,11,13-14H,5H2,1-3H3,(H2,18,20,21)/t11-,13+,14?/m1/s1. The molecule has 0 bridgehead atoms. The molecule has 2 aromatic heterocycles. The SMILES string of the molecule is [C-]#[N+]c1cn([C@@H]2C=C(CC)[C@@H]3OC(C)(C)OC23)c2ncnc(N)c12. The number of nitrogens with zero attached hydrogens (tertiary/aromatic N) is 4. The summed E-state index contributed by atoms with van der Waals surface area (Å²) in [5.41, 5.74) is 8.29. The Morgan fingerprint density at radius 3 is 2.88 bits per heavy atom. The van der Waals surface area contributed by atoms with Crippen molar-refractivity contribution in [2.75, 3.05) is 5.73 Å². The predicted molar refractivity (Wildman–Crippen MR) is 89.4 cm³/mol. The second-order valence-corrected chi connectivity index (χ2v) is 6.60. The summed E-state index contributed by atoms with van der Waals surface area (Å²) in [5, 5.41) is 0.598. The predicted octanol–water partition coefficient (Wildman–Crippen LogP) is 2.98. The zero-order valence-electron chi connectivity index (χ0n) is 13.9. The Bertz CT molecular complexity index is 892. The summed E-state index contributed by atoms with van der Waals surface area (Å²) in [4.78, 5) is 12.0. The van der Waals surface area contributed by atoms with Crippen LogP contribution in [0.4, 0.5) is 11.5 Å². The van der Waals surface area contributed by atoms with Gasteiger partial charge >= 0.3 is 0 Å². The first-order chi connectivity index (χ1) is 11.4. The van der Waals surface area contributed by atoms with Gasteiger partial charge in [-0.25, -0.2) is 14.8 Å². The molecular weight excluding hydrogens is 306 g/mol. The van der Waals surface area contributed by atoms with Crippen LogP contribution in [0.2, 0.25) is 0 Å². The maximum atomic E-state index is 7.42. The van der Waals surface area contributed by atoms with Gasteiger partial charge in [-0.15, -0.1) is 0 Å². The van der Waals surface area contributed by atoms with Crippen molar-refractivity contribution in [3.8, 4) is 0 Å². The van der Waals surface area contributed by atoms with Gasteiger partial charge in [0.25, 0.3) is 0 Å². The first-order valence-electron chi connectivity index (χ1n) is 8.00. The molecule has 3 atom stereocenters. The number of hydrogen-bond donors (Lipinski definition) is 1. The van der Waals surface area contributed by atoms with Gasteiger partial charge in [-0.3, -0.25) is 0 Å². The van der Waals surface area contributed by atoms with Gasteiger partial charge in [0, 0.05) is 6.20 Å². The van der Waals surface area contributed by atoms with E-state index in [1.165, 1.54) is 11.9 Å². The fourth-order valence-corrected chi connectivity index (χ4v) is 3.69. The van der Waals surface area contributed by atoms with Crippen LogP contribution in [-0.2, 0) is 9.47 Å². The number of ether oxygens (including phenoxy) is 2. The first-order valence-corrected chi connectivity index (χ1v) is 8.00. The lowest BCUT2D eigenvalue weighted by Crippen LogP contribution is -2.27. The summed E-state index contributed by atoms with van der Waals surface area (Å²) in [6.45, 7) is 13.4. The van der Waals surface area contributed by atoms with Crippen LogP contribution in [0.5, 0.6) is 0 Å². The van der Waals surface area contributed by atoms with Gasteiger partial charge in [0.2, 0.25) is 5.69 Å². The largest absolute Gasteiger partial charge is 0.384 e. The highest BCUT2D eigenvalue weighted by Gasteiger charge is 2.50. The van der Waals surface area contributed by atoms with E-state index in [0.717, 1.165) is 6.42 Å². The summed E-state index contributed by atoms with van der Waals surface area (Å²) in [6, 6.07) is -0.0842. The zero-order chi connectivity index (χ0) is 17.1. The molecule has 1 unspecified atom stereocenters. The molecule has 124 valence electrons. The van der Waals surface area contributed by atoms with Gasteiger partial charge in [0.05, 0.1) is 18.0 Å². The van der Waals surface area contributed by atoms with Crippen molar-refractivity contribution in [3.63, 3.8) is 0 Å². The number of rotatable bonds is 2. The summed E-state index contributed by atoms with van der Waals surface area (Å²) in [7, 11) is 0. The Kier molecular flexibility index (Phi) is 3.17. The summed E-state index contributed by atoms with van der Waals surface area (Å²) in [6.07, 6.45) is 6.06. The average molecular weight is 325 g/mol. The van der Waals surface area contributed by atoms with E-state index < -0.39 is 5.79 Å². The van der Waals surface area contributed by atoms with Crippen molar-refractivity contribution in [1.29, 1.82) is 0 Å². The Morgan fingerprint density at radius 1 is 1.38 bits per heavy atom. The van der Waals surface area contributed by atoms with Crippen LogP contribution in [0, 0.1) is 6.57 Å². The van der Waals surface area contributed by atoms with Crippen molar-refractivity contribution >= 4 is 22.5 Å². The van der Waals surface area contributed by atoms with E-state index in [0.29, 0.717) is 22.5 Å². The number of nitrogens with two attached hydrogens (primary N) is 1. The first kappa shape index (κ1) is 15.1. The maximum Gasteiger partial charge on any atom is 0.217 e. The fraction of sp³-hybridized carbons (Fsp3) is 0.471. The van der Waals surface area contributed by atoms with Crippen LogP contribution in [0.1, 0.15) is 33.2 Å². The highest BCUT2D eigenvalue weighted by Crippen LogP contribution is 2.46. The van der Waals surface area contributed by atoms with Crippen LogP contribution in [-0.4, -0.2) is 32.5 Å². The van der Waals surface area contributed by atoms with Gasteiger partial charge in [0.1, 0.15) is 30.0 Å². The minimum Gasteiger partial charge on any atom is -0.384 e. The second-order valence-electron chi connectivity index (χ2n) is 6.60. The summed E-state index contributed by atoms with van der Waals surface area (Å²) < 4.78 is 14.2. The van der Waals surface area contributed by atoms with E-state index in [1.54, 1.807) is 6.20 Å². The summed E-state index contributed by atoms with van der Waals surface area (Å²) in [5.74, 6) is -0.301. The van der Waals surface area contributed by atoms with Crippen LogP contribution in [0.15, 0.2) is 24.2 Å². The third-order valence-electron chi connectivity index (χ3n) is 4.68. The van der Waals surface area contributed by atoms with Crippen LogP contribution >= 0.6 is 0 Å². The van der Waals surface area contributed by atoms with Gasteiger partial charge < -0.3 is 19.8 Å². The topological polar surface area (TPSA) is 79.5 Å². The van der Waals surface area contributed by atoms with Gasteiger partial charge in [0.15, 0.2) is 5.79 Å². The summed E-state index contributed by atoms with van der Waals surface area (Å²) >= 11 is 0. The molecule has 1 aliphatic heterocycles. The van der Waals surface area contributed by atoms with Crippen molar-refractivity contribution in [2.45, 2.75) is 51.2 Å². The zero-order valence-corrected chi connectivity index (χ0v) is 13.9. The fourth-order valence-electron chi connectivity index (χ4n) is 3.69. The Labute approximate surface area is 139 Å². The lowest BCUT2D eigenvalue weighted by atomic mass is 10.1. The van der Waals surface area contributed by atoms with Crippen molar-refractivity contribution < 1.29 is 9.47 Å². The molecule has 1 fully saturated rings. The molecule has 2 N–H and O–H groups in total. The van der Waals surface area contributed by atoms with Crippen molar-refractivity contribution in [2.24, 2.45) is 0 Å². The molecule has 0 amide bonds. The van der Waals surface area contributed by atoms with Crippen molar-refractivity contribution in [3.05, 3.63) is 35.6 Å². The van der Waals surface area contributed by atoms with E-state index in [4.69, 9.17) is 21.8 Å². The van der Waals surface area contributed by atoms with Gasteiger partial charge in [-0.05, 0) is 25.8 Å². The molecule has 0 radical (unpaired) electrons. The highest BCUT2D eigenvalue weighted by molar-refractivity contribution is 5.98. The minimum absolute atomic E-state index is 0.0666. The maximum absolute atomic E-state index is 7.42. The molecule has 7 heteroatoms. The average Bonchev–Trinajstić information content (AvgIpc) is 3.16. The quantitative estimate of drug-likeness (QED) is 0.678. The number of fused-ring (bicyclic) bond motifs is 2. The third-order valence-corrected chi connectivity index (χ3v) is 4.68. The second kappa shape index (κ2) is 5.03. The molecule has 1 saturated heterocycles. The van der Waals surface area contributed by atoms with Crippen LogP contribution < -0.4 is 5.73 Å². The molecule has 2 aromatic rings. The monoisotopic (exact) mass is 325 g/mol. The lowest BCUT2D eigenvalue weighted by Gasteiger charge is -2.22. The number of hydrogen-bond acceptors (Lipinski definition) is 5. The third kappa shape index (κ3) is 2.04. The lowest BCUT2D eigenvalue weighted by molar-refractivity contribution is -0.147. The van der Waals surface area contributed by atoms with Crippen LogP contribution in [0.25, 0.3) is 15.9 Å². The molecule has 4 rings (SSSR count). The van der Waals surface area contributed by atoms with Gasteiger partial charge in [-0.1, -0.05) is 13.0 Å². The minimum atomic E-state index is -0.623. The number of aromatic nitrogens is 3. The normalized spacial score (nSPS) is 27.9. The Morgan fingerprint density at radius 2 is 2.17 bits per heavy atom. The molecule has 24 heavy (non-hydrogen) atoms.